The lowest BCUT2D eigenvalue weighted by atomic mass is 9.94. The minimum Gasteiger partial charge on any atom is -0.497 e. The molecule has 33 heavy (non-hydrogen) atoms. The Bertz CT molecular complexity index is 1040. The van der Waals surface area contributed by atoms with Gasteiger partial charge in [-0.15, -0.1) is 0 Å². The zero-order chi connectivity index (χ0) is 23.2. The van der Waals surface area contributed by atoms with Gasteiger partial charge in [-0.2, -0.15) is 4.98 Å². The molecular weight excluding hydrogens is 416 g/mol. The molecule has 7 heteroatoms. The minimum absolute atomic E-state index is 0.0401. The van der Waals surface area contributed by atoms with Crippen LogP contribution in [0.15, 0.2) is 53.1 Å². The van der Waals surface area contributed by atoms with Crippen LogP contribution >= 0.6 is 0 Å². The van der Waals surface area contributed by atoms with Crippen molar-refractivity contribution in [2.45, 2.75) is 45.7 Å². The fourth-order valence-electron chi connectivity index (χ4n) is 4.23. The summed E-state index contributed by atoms with van der Waals surface area (Å²) in [6.45, 7) is 6.45. The molecule has 1 N–H and O–H groups in total. The smallest absolute Gasteiger partial charge is 0.241 e. The number of benzene rings is 2. The van der Waals surface area contributed by atoms with E-state index >= 15 is 0 Å². The van der Waals surface area contributed by atoms with Gasteiger partial charge in [0.05, 0.1) is 19.7 Å². The van der Waals surface area contributed by atoms with Gasteiger partial charge < -0.3 is 14.6 Å². The van der Waals surface area contributed by atoms with Gasteiger partial charge in [0.15, 0.2) is 0 Å². The molecule has 0 radical (unpaired) electrons. The second-order valence-electron chi connectivity index (χ2n) is 8.67. The molecule has 0 aliphatic carbocycles. The molecule has 0 saturated carbocycles. The molecule has 1 unspecified atom stereocenters. The second-order valence-corrected chi connectivity index (χ2v) is 8.67. The molecule has 1 saturated heterocycles. The molecule has 4 rings (SSSR count). The van der Waals surface area contributed by atoms with E-state index in [9.17, 15) is 4.79 Å². The summed E-state index contributed by atoms with van der Waals surface area (Å²) in [5.41, 5.74) is 3.28. The summed E-state index contributed by atoms with van der Waals surface area (Å²) in [7, 11) is 1.64. The molecule has 3 aromatic rings. The first-order chi connectivity index (χ1) is 16.1. The highest BCUT2D eigenvalue weighted by atomic mass is 16.5. The largest absolute Gasteiger partial charge is 0.497 e. The first-order valence-electron chi connectivity index (χ1n) is 11.6. The van der Waals surface area contributed by atoms with Crippen molar-refractivity contribution >= 4 is 5.91 Å². The number of rotatable bonds is 8. The second kappa shape index (κ2) is 10.6. The van der Waals surface area contributed by atoms with E-state index in [2.05, 4.69) is 58.5 Å². The highest BCUT2D eigenvalue weighted by molar-refractivity contribution is 5.79. The Kier molecular flexibility index (Phi) is 7.40. The molecule has 1 aliphatic rings. The lowest BCUT2D eigenvalue weighted by molar-refractivity contribution is -0.127. The standard InChI is InChI=1S/C26H32N4O3/c1-4-23(19-7-5-18(2)6-8-19)27-26(31)21-13-15-30(16-14-21)17-24-28-25(29-33-24)20-9-11-22(32-3)12-10-20/h5-12,21,23H,4,13-17H2,1-3H3,(H,27,31). The molecule has 1 aromatic heterocycles. The van der Waals surface area contributed by atoms with E-state index in [1.54, 1.807) is 7.11 Å². The maximum atomic E-state index is 12.9. The lowest BCUT2D eigenvalue weighted by Gasteiger charge is -2.31. The zero-order valence-electron chi connectivity index (χ0n) is 19.6. The summed E-state index contributed by atoms with van der Waals surface area (Å²) >= 11 is 0. The highest BCUT2D eigenvalue weighted by Gasteiger charge is 2.27. The number of aryl methyl sites for hydroxylation is 1. The Morgan fingerprint density at radius 2 is 1.85 bits per heavy atom. The fourth-order valence-corrected chi connectivity index (χ4v) is 4.23. The van der Waals surface area contributed by atoms with Gasteiger partial charge in [0.2, 0.25) is 17.6 Å². The molecule has 1 atom stereocenters. The zero-order valence-corrected chi connectivity index (χ0v) is 19.6. The predicted octanol–water partition coefficient (Wildman–Crippen LogP) is 4.53. The molecule has 0 bridgehead atoms. The number of likely N-dealkylation sites (tertiary alicyclic amines) is 1. The van der Waals surface area contributed by atoms with Gasteiger partial charge in [-0.3, -0.25) is 9.69 Å². The molecule has 2 heterocycles. The van der Waals surface area contributed by atoms with E-state index in [1.165, 1.54) is 5.56 Å². The minimum atomic E-state index is 0.0401. The first-order valence-corrected chi connectivity index (χ1v) is 11.6. The Labute approximate surface area is 195 Å². The third kappa shape index (κ3) is 5.79. The molecular formula is C26H32N4O3. The van der Waals surface area contributed by atoms with Crippen LogP contribution in [0.2, 0.25) is 0 Å². The third-order valence-corrected chi connectivity index (χ3v) is 6.34. The van der Waals surface area contributed by atoms with Gasteiger partial charge in [-0.1, -0.05) is 41.9 Å². The van der Waals surface area contributed by atoms with E-state index in [0.29, 0.717) is 18.3 Å². The van der Waals surface area contributed by atoms with E-state index in [4.69, 9.17) is 9.26 Å². The number of hydrogen-bond acceptors (Lipinski definition) is 6. The van der Waals surface area contributed by atoms with Gasteiger partial charge in [0.25, 0.3) is 0 Å². The van der Waals surface area contributed by atoms with Crippen molar-refractivity contribution in [1.29, 1.82) is 0 Å². The summed E-state index contributed by atoms with van der Waals surface area (Å²) in [4.78, 5) is 19.7. The van der Waals surface area contributed by atoms with E-state index in [0.717, 1.165) is 49.2 Å². The van der Waals surface area contributed by atoms with Crippen molar-refractivity contribution in [2.75, 3.05) is 20.2 Å². The quantitative estimate of drug-likeness (QED) is 0.545. The number of aromatic nitrogens is 2. The number of ether oxygens (including phenoxy) is 1. The number of methoxy groups -OCH3 is 1. The summed E-state index contributed by atoms with van der Waals surface area (Å²) in [5.74, 6) is 2.15. The molecule has 7 nitrogen and oxygen atoms in total. The van der Waals surface area contributed by atoms with Gasteiger partial charge in [0, 0.05) is 11.5 Å². The summed E-state index contributed by atoms with van der Waals surface area (Å²) in [6.07, 6.45) is 2.53. The van der Waals surface area contributed by atoms with E-state index in [1.807, 2.05) is 24.3 Å². The van der Waals surface area contributed by atoms with Crippen LogP contribution in [0.5, 0.6) is 5.75 Å². The van der Waals surface area contributed by atoms with E-state index < -0.39 is 0 Å². The van der Waals surface area contributed by atoms with Crippen molar-refractivity contribution in [1.82, 2.24) is 20.4 Å². The van der Waals surface area contributed by atoms with Gasteiger partial charge in [-0.05, 0) is 69.1 Å². The molecule has 174 valence electrons. The van der Waals surface area contributed by atoms with Crippen LogP contribution in [0.25, 0.3) is 11.4 Å². The highest BCUT2D eigenvalue weighted by Crippen LogP contribution is 2.24. The summed E-state index contributed by atoms with van der Waals surface area (Å²) in [5, 5.41) is 7.37. The van der Waals surface area contributed by atoms with Crippen molar-refractivity contribution in [3.05, 3.63) is 65.5 Å². The normalized spacial score (nSPS) is 15.8. The van der Waals surface area contributed by atoms with Gasteiger partial charge in [-0.25, -0.2) is 0 Å². The Balaban J connectivity index is 1.27. The Morgan fingerprint density at radius 3 is 2.48 bits per heavy atom. The van der Waals surface area contributed by atoms with Crippen LogP contribution in [-0.4, -0.2) is 41.1 Å². The van der Waals surface area contributed by atoms with Crippen LogP contribution in [0.3, 0.4) is 0 Å². The average molecular weight is 449 g/mol. The molecule has 1 aliphatic heterocycles. The first kappa shape index (κ1) is 23.0. The van der Waals surface area contributed by atoms with Crippen molar-refractivity contribution in [3.8, 4) is 17.1 Å². The number of nitrogens with one attached hydrogen (secondary N) is 1. The molecule has 0 spiro atoms. The monoisotopic (exact) mass is 448 g/mol. The van der Waals surface area contributed by atoms with Crippen molar-refractivity contribution in [2.24, 2.45) is 5.92 Å². The van der Waals surface area contributed by atoms with Crippen LogP contribution in [-0.2, 0) is 11.3 Å². The Hall–Kier alpha value is -3.19. The van der Waals surface area contributed by atoms with Crippen LogP contribution < -0.4 is 10.1 Å². The summed E-state index contributed by atoms with van der Waals surface area (Å²) in [6, 6.07) is 16.1. The number of hydrogen-bond donors (Lipinski definition) is 1. The topological polar surface area (TPSA) is 80.5 Å². The van der Waals surface area contributed by atoms with Crippen molar-refractivity contribution < 1.29 is 14.1 Å². The van der Waals surface area contributed by atoms with Gasteiger partial charge in [0.1, 0.15) is 5.75 Å². The maximum absolute atomic E-state index is 12.9. The number of nitrogens with zero attached hydrogens (tertiary/aromatic N) is 3. The van der Waals surface area contributed by atoms with Crippen LogP contribution in [0.4, 0.5) is 0 Å². The summed E-state index contributed by atoms with van der Waals surface area (Å²) < 4.78 is 10.7. The SMILES string of the molecule is CCC(NC(=O)C1CCN(Cc2nc(-c3ccc(OC)cc3)no2)CC1)c1ccc(C)cc1. The third-order valence-electron chi connectivity index (χ3n) is 6.34. The Morgan fingerprint density at radius 1 is 1.15 bits per heavy atom. The number of amides is 1. The van der Waals surface area contributed by atoms with E-state index in [-0.39, 0.29) is 17.9 Å². The number of carbonyl (C=O) groups excluding carboxylic acids is 1. The van der Waals surface area contributed by atoms with Crippen LogP contribution in [0, 0.1) is 12.8 Å². The van der Waals surface area contributed by atoms with Gasteiger partial charge >= 0.3 is 0 Å². The number of piperidine rings is 1. The molecule has 2 aromatic carbocycles. The number of carbonyl (C=O) groups is 1. The average Bonchev–Trinajstić information content (AvgIpc) is 3.32. The lowest BCUT2D eigenvalue weighted by Crippen LogP contribution is -2.41. The molecule has 1 fully saturated rings. The maximum Gasteiger partial charge on any atom is 0.241 e. The predicted molar refractivity (Wildman–Crippen MR) is 127 cm³/mol. The fraction of sp³-hybridized carbons (Fsp3) is 0.423. The molecule has 1 amide bonds. The van der Waals surface area contributed by atoms with Crippen LogP contribution in [0.1, 0.15) is 49.2 Å². The van der Waals surface area contributed by atoms with Crippen molar-refractivity contribution in [3.63, 3.8) is 0 Å².